The van der Waals surface area contributed by atoms with Crippen LogP contribution in [0, 0.1) is 0 Å². The lowest BCUT2D eigenvalue weighted by molar-refractivity contribution is 0.102. The van der Waals surface area contributed by atoms with Gasteiger partial charge in [0.25, 0.3) is 5.91 Å². The standard InChI is InChI=1S/C16H14N2O3S2/c1-2-23(20,21)13-5-3-4-11(8-13)16(19)18-12-6-7-14-15(9-12)22-10-17-14/h3-10H,2H2,1H3,(H,18,19). The maximum atomic E-state index is 12.3. The molecule has 1 N–H and O–H groups in total. The minimum Gasteiger partial charge on any atom is -0.322 e. The number of thiazole rings is 1. The third kappa shape index (κ3) is 3.25. The molecular weight excluding hydrogens is 332 g/mol. The van der Waals surface area contributed by atoms with E-state index in [0.717, 1.165) is 10.2 Å². The van der Waals surface area contributed by atoms with Crippen LogP contribution in [-0.4, -0.2) is 25.1 Å². The summed E-state index contributed by atoms with van der Waals surface area (Å²) in [5, 5.41) is 2.78. The molecule has 0 aliphatic rings. The van der Waals surface area contributed by atoms with Gasteiger partial charge in [-0.25, -0.2) is 13.4 Å². The molecule has 2 aromatic carbocycles. The van der Waals surface area contributed by atoms with E-state index in [2.05, 4.69) is 10.3 Å². The van der Waals surface area contributed by atoms with E-state index in [1.165, 1.54) is 23.5 Å². The van der Waals surface area contributed by atoms with Crippen molar-refractivity contribution >= 4 is 43.0 Å². The van der Waals surface area contributed by atoms with Crippen molar-refractivity contribution in [2.75, 3.05) is 11.1 Å². The van der Waals surface area contributed by atoms with Crippen LogP contribution in [0.1, 0.15) is 17.3 Å². The molecule has 0 spiro atoms. The van der Waals surface area contributed by atoms with Crippen molar-refractivity contribution in [3.05, 3.63) is 53.5 Å². The van der Waals surface area contributed by atoms with Crippen LogP contribution in [0.3, 0.4) is 0 Å². The number of carbonyl (C=O) groups is 1. The predicted octanol–water partition coefficient (Wildman–Crippen LogP) is 3.34. The van der Waals surface area contributed by atoms with Crippen LogP contribution in [0.15, 0.2) is 52.9 Å². The Morgan fingerprint density at radius 1 is 1.22 bits per heavy atom. The lowest BCUT2D eigenvalue weighted by Crippen LogP contribution is -2.13. The minimum atomic E-state index is -3.33. The third-order valence-corrected chi connectivity index (χ3v) is 5.95. The van der Waals surface area contributed by atoms with E-state index in [-0.39, 0.29) is 16.6 Å². The zero-order chi connectivity index (χ0) is 16.4. The van der Waals surface area contributed by atoms with Gasteiger partial charge in [0.15, 0.2) is 9.84 Å². The number of sulfone groups is 1. The van der Waals surface area contributed by atoms with E-state index in [4.69, 9.17) is 0 Å². The van der Waals surface area contributed by atoms with Gasteiger partial charge in [-0.2, -0.15) is 0 Å². The van der Waals surface area contributed by atoms with Crippen LogP contribution in [0.2, 0.25) is 0 Å². The zero-order valence-electron chi connectivity index (χ0n) is 12.3. The zero-order valence-corrected chi connectivity index (χ0v) is 13.9. The highest BCUT2D eigenvalue weighted by Gasteiger charge is 2.14. The lowest BCUT2D eigenvalue weighted by Gasteiger charge is -2.07. The maximum Gasteiger partial charge on any atom is 0.255 e. The quantitative estimate of drug-likeness (QED) is 0.786. The van der Waals surface area contributed by atoms with Gasteiger partial charge in [0.1, 0.15) is 0 Å². The first-order valence-corrected chi connectivity index (χ1v) is 9.50. The summed E-state index contributed by atoms with van der Waals surface area (Å²) in [7, 11) is -3.33. The van der Waals surface area contributed by atoms with Crippen molar-refractivity contribution in [2.24, 2.45) is 0 Å². The fourth-order valence-corrected chi connectivity index (χ4v) is 3.78. The Kier molecular flexibility index (Phi) is 4.14. The van der Waals surface area contributed by atoms with Gasteiger partial charge in [0.05, 0.1) is 26.4 Å². The van der Waals surface area contributed by atoms with Crippen LogP contribution >= 0.6 is 11.3 Å². The molecule has 1 aromatic heterocycles. The predicted molar refractivity (Wildman–Crippen MR) is 91.7 cm³/mol. The monoisotopic (exact) mass is 346 g/mol. The number of nitrogens with one attached hydrogen (secondary N) is 1. The second-order valence-corrected chi connectivity index (χ2v) is 8.08. The Balaban J connectivity index is 1.87. The van der Waals surface area contributed by atoms with Crippen LogP contribution < -0.4 is 5.32 Å². The van der Waals surface area contributed by atoms with Crippen LogP contribution in [-0.2, 0) is 9.84 Å². The Morgan fingerprint density at radius 3 is 2.83 bits per heavy atom. The summed E-state index contributed by atoms with van der Waals surface area (Å²) in [5.41, 5.74) is 3.58. The number of nitrogens with zero attached hydrogens (tertiary/aromatic N) is 1. The number of benzene rings is 2. The maximum absolute atomic E-state index is 12.3. The van der Waals surface area contributed by atoms with E-state index < -0.39 is 9.84 Å². The summed E-state index contributed by atoms with van der Waals surface area (Å²) in [6.45, 7) is 1.58. The summed E-state index contributed by atoms with van der Waals surface area (Å²) < 4.78 is 24.8. The first-order valence-electron chi connectivity index (χ1n) is 6.97. The molecule has 3 aromatic rings. The Bertz CT molecular complexity index is 978. The van der Waals surface area contributed by atoms with E-state index in [1.54, 1.807) is 30.6 Å². The van der Waals surface area contributed by atoms with Gasteiger partial charge in [0, 0.05) is 11.3 Å². The Morgan fingerprint density at radius 2 is 2.04 bits per heavy atom. The molecule has 0 bridgehead atoms. The highest BCUT2D eigenvalue weighted by atomic mass is 32.2. The number of carbonyl (C=O) groups excluding carboxylic acids is 1. The molecule has 7 heteroatoms. The van der Waals surface area contributed by atoms with E-state index in [1.807, 2.05) is 12.1 Å². The third-order valence-electron chi connectivity index (χ3n) is 3.42. The number of amides is 1. The molecule has 0 aliphatic heterocycles. The van der Waals surface area contributed by atoms with Crippen molar-refractivity contribution < 1.29 is 13.2 Å². The van der Waals surface area contributed by atoms with E-state index >= 15 is 0 Å². The average molecular weight is 346 g/mol. The molecule has 23 heavy (non-hydrogen) atoms. The van der Waals surface area contributed by atoms with Gasteiger partial charge in [-0.3, -0.25) is 4.79 Å². The number of rotatable bonds is 4. The number of aromatic nitrogens is 1. The van der Waals surface area contributed by atoms with Crippen molar-refractivity contribution in [2.45, 2.75) is 11.8 Å². The SMILES string of the molecule is CCS(=O)(=O)c1cccc(C(=O)Nc2ccc3ncsc3c2)c1. The summed E-state index contributed by atoms with van der Waals surface area (Å²) in [6, 6.07) is 11.5. The van der Waals surface area contributed by atoms with Crippen molar-refractivity contribution in [1.29, 1.82) is 0 Å². The second kappa shape index (κ2) is 6.10. The first-order chi connectivity index (χ1) is 11.0. The van der Waals surface area contributed by atoms with Gasteiger partial charge in [-0.05, 0) is 36.4 Å². The highest BCUT2D eigenvalue weighted by Crippen LogP contribution is 2.22. The van der Waals surface area contributed by atoms with Crippen molar-refractivity contribution in [1.82, 2.24) is 4.98 Å². The molecule has 5 nitrogen and oxygen atoms in total. The van der Waals surface area contributed by atoms with Crippen LogP contribution in [0.4, 0.5) is 5.69 Å². The molecule has 1 amide bonds. The number of hydrogen-bond acceptors (Lipinski definition) is 5. The summed E-state index contributed by atoms with van der Waals surface area (Å²) in [4.78, 5) is 16.7. The van der Waals surface area contributed by atoms with Crippen molar-refractivity contribution in [3.63, 3.8) is 0 Å². The fourth-order valence-electron chi connectivity index (χ4n) is 2.13. The van der Waals surface area contributed by atoms with Crippen LogP contribution in [0.5, 0.6) is 0 Å². The first kappa shape index (κ1) is 15.6. The average Bonchev–Trinajstić information content (AvgIpc) is 3.02. The molecule has 0 radical (unpaired) electrons. The summed E-state index contributed by atoms with van der Waals surface area (Å²) in [5.74, 6) is -0.345. The Hall–Kier alpha value is -2.25. The normalized spacial score (nSPS) is 11.5. The number of fused-ring (bicyclic) bond motifs is 1. The number of anilines is 1. The molecule has 0 saturated heterocycles. The molecule has 0 fully saturated rings. The second-order valence-electron chi connectivity index (χ2n) is 4.92. The Labute approximate surface area is 137 Å². The molecule has 1 heterocycles. The molecule has 0 saturated carbocycles. The van der Waals surface area contributed by atoms with Gasteiger partial charge in [-0.15, -0.1) is 11.3 Å². The molecule has 118 valence electrons. The molecular formula is C16H14N2O3S2. The molecule has 0 atom stereocenters. The number of hydrogen-bond donors (Lipinski definition) is 1. The molecule has 3 rings (SSSR count). The van der Waals surface area contributed by atoms with Gasteiger partial charge >= 0.3 is 0 Å². The largest absolute Gasteiger partial charge is 0.322 e. The molecule has 0 unspecified atom stereocenters. The minimum absolute atomic E-state index is 0.000117. The topological polar surface area (TPSA) is 76.1 Å². The smallest absolute Gasteiger partial charge is 0.255 e. The van der Waals surface area contributed by atoms with Gasteiger partial charge in [-0.1, -0.05) is 13.0 Å². The lowest BCUT2D eigenvalue weighted by atomic mass is 10.2. The van der Waals surface area contributed by atoms with E-state index in [9.17, 15) is 13.2 Å². The fraction of sp³-hybridized carbons (Fsp3) is 0.125. The van der Waals surface area contributed by atoms with E-state index in [0.29, 0.717) is 11.3 Å². The van der Waals surface area contributed by atoms with Gasteiger partial charge in [0.2, 0.25) is 0 Å². The van der Waals surface area contributed by atoms with Crippen molar-refractivity contribution in [3.8, 4) is 0 Å². The summed E-state index contributed by atoms with van der Waals surface area (Å²) >= 11 is 1.49. The van der Waals surface area contributed by atoms with Crippen LogP contribution in [0.25, 0.3) is 10.2 Å². The molecule has 0 aliphatic carbocycles. The summed E-state index contributed by atoms with van der Waals surface area (Å²) in [6.07, 6.45) is 0. The van der Waals surface area contributed by atoms with Gasteiger partial charge < -0.3 is 5.32 Å². The highest BCUT2D eigenvalue weighted by molar-refractivity contribution is 7.91.